The quantitative estimate of drug-likeness (QED) is 0.892. The molecule has 0 aliphatic heterocycles. The van der Waals surface area contributed by atoms with Gasteiger partial charge < -0.3 is 4.90 Å². The molecule has 98 valence electrons. The summed E-state index contributed by atoms with van der Waals surface area (Å²) >= 11 is 0. The maximum atomic E-state index is 8.96. The van der Waals surface area contributed by atoms with E-state index in [1.54, 1.807) is 0 Å². The van der Waals surface area contributed by atoms with Crippen LogP contribution in [0.4, 0.5) is 0 Å². The van der Waals surface area contributed by atoms with Gasteiger partial charge in [0.1, 0.15) is 0 Å². The van der Waals surface area contributed by atoms with Crippen LogP contribution in [0.1, 0.15) is 24.5 Å². The summed E-state index contributed by atoms with van der Waals surface area (Å²) in [5.41, 5.74) is 3.84. The van der Waals surface area contributed by atoms with Crippen LogP contribution in [0.2, 0.25) is 0 Å². The Bertz CT molecular complexity index is 580. The summed E-state index contributed by atoms with van der Waals surface area (Å²) in [6.45, 7) is 4.09. The van der Waals surface area contributed by atoms with Crippen molar-refractivity contribution in [3.63, 3.8) is 0 Å². The highest BCUT2D eigenvalue weighted by Crippen LogP contribution is 2.22. The minimum absolute atomic E-state index is 0.667. The first-order chi connectivity index (χ1) is 9.24. The van der Waals surface area contributed by atoms with Crippen molar-refractivity contribution in [1.82, 2.24) is 15.1 Å². The molecule has 0 unspecified atom stereocenters. The molecule has 0 spiro atoms. The molecule has 0 bridgehead atoms. The Morgan fingerprint density at radius 3 is 3.00 bits per heavy atom. The van der Waals surface area contributed by atoms with E-state index in [9.17, 15) is 0 Å². The van der Waals surface area contributed by atoms with Gasteiger partial charge in [-0.25, -0.2) is 0 Å². The van der Waals surface area contributed by atoms with Gasteiger partial charge in [0.15, 0.2) is 0 Å². The van der Waals surface area contributed by atoms with Crippen LogP contribution in [0.15, 0.2) is 30.5 Å². The fraction of sp³-hybridized carbons (Fsp3) is 0.333. The van der Waals surface area contributed by atoms with E-state index in [2.05, 4.69) is 35.1 Å². The number of aromatic amines is 1. The lowest BCUT2D eigenvalue weighted by molar-refractivity contribution is 0.328. The average molecular weight is 254 g/mol. The van der Waals surface area contributed by atoms with Crippen LogP contribution in [0.5, 0.6) is 0 Å². The van der Waals surface area contributed by atoms with E-state index in [-0.39, 0.29) is 0 Å². The summed E-state index contributed by atoms with van der Waals surface area (Å²) in [6.07, 6.45) is 2.99. The minimum atomic E-state index is 0.667. The van der Waals surface area contributed by atoms with Gasteiger partial charge in [0, 0.05) is 17.7 Å². The van der Waals surface area contributed by atoms with Crippen LogP contribution in [-0.2, 0) is 6.54 Å². The van der Waals surface area contributed by atoms with E-state index in [4.69, 9.17) is 5.26 Å². The van der Waals surface area contributed by atoms with Crippen molar-refractivity contribution in [3.8, 4) is 17.3 Å². The van der Waals surface area contributed by atoms with Crippen molar-refractivity contribution in [2.24, 2.45) is 0 Å². The Balaban J connectivity index is 2.26. The van der Waals surface area contributed by atoms with Gasteiger partial charge in [0.25, 0.3) is 0 Å². The summed E-state index contributed by atoms with van der Waals surface area (Å²) in [4.78, 5) is 2.27. The van der Waals surface area contributed by atoms with Crippen molar-refractivity contribution in [1.29, 1.82) is 5.26 Å². The molecule has 0 aliphatic rings. The zero-order valence-corrected chi connectivity index (χ0v) is 11.3. The molecular formula is C15H18N4. The van der Waals surface area contributed by atoms with E-state index in [0.717, 1.165) is 36.3 Å². The van der Waals surface area contributed by atoms with Gasteiger partial charge >= 0.3 is 0 Å². The van der Waals surface area contributed by atoms with Crippen molar-refractivity contribution in [2.75, 3.05) is 13.6 Å². The van der Waals surface area contributed by atoms with E-state index >= 15 is 0 Å². The van der Waals surface area contributed by atoms with Crippen LogP contribution >= 0.6 is 0 Å². The molecule has 1 heterocycles. The maximum Gasteiger partial charge on any atom is 0.0991 e. The second-order valence-corrected chi connectivity index (χ2v) is 4.70. The number of benzene rings is 1. The molecule has 0 aliphatic carbocycles. The highest BCUT2D eigenvalue weighted by molar-refractivity contribution is 5.64. The lowest BCUT2D eigenvalue weighted by atomic mass is 10.1. The third kappa shape index (κ3) is 3.21. The molecule has 1 N–H and O–H groups in total. The Labute approximate surface area is 113 Å². The average Bonchev–Trinajstić information content (AvgIpc) is 2.87. The summed E-state index contributed by atoms with van der Waals surface area (Å²) in [7, 11) is 2.10. The topological polar surface area (TPSA) is 55.7 Å². The Morgan fingerprint density at radius 2 is 2.26 bits per heavy atom. The van der Waals surface area contributed by atoms with Crippen molar-refractivity contribution >= 4 is 0 Å². The predicted molar refractivity (Wildman–Crippen MR) is 75.4 cm³/mol. The highest BCUT2D eigenvalue weighted by Gasteiger charge is 2.10. The second kappa shape index (κ2) is 6.17. The van der Waals surface area contributed by atoms with Crippen molar-refractivity contribution in [2.45, 2.75) is 19.9 Å². The smallest absolute Gasteiger partial charge is 0.0991 e. The first-order valence-electron chi connectivity index (χ1n) is 6.46. The maximum absolute atomic E-state index is 8.96. The predicted octanol–water partition coefficient (Wildman–Crippen LogP) is 2.79. The van der Waals surface area contributed by atoms with Gasteiger partial charge in [-0.15, -0.1) is 0 Å². The molecule has 0 saturated carbocycles. The minimum Gasteiger partial charge on any atom is -0.302 e. The summed E-state index contributed by atoms with van der Waals surface area (Å²) in [6, 6.07) is 9.75. The first-order valence-corrected chi connectivity index (χ1v) is 6.46. The summed E-state index contributed by atoms with van der Waals surface area (Å²) < 4.78 is 0. The number of nitrogens with zero attached hydrogens (tertiary/aromatic N) is 3. The molecule has 0 saturated heterocycles. The zero-order chi connectivity index (χ0) is 13.7. The molecule has 2 aromatic rings. The molecule has 4 heteroatoms. The highest BCUT2D eigenvalue weighted by atomic mass is 15.1. The Kier molecular flexibility index (Phi) is 4.32. The number of hydrogen-bond acceptors (Lipinski definition) is 3. The summed E-state index contributed by atoms with van der Waals surface area (Å²) in [5, 5.41) is 16.1. The molecule has 2 rings (SSSR count). The van der Waals surface area contributed by atoms with Gasteiger partial charge in [0.05, 0.1) is 23.5 Å². The number of rotatable bonds is 5. The Morgan fingerprint density at radius 1 is 1.42 bits per heavy atom. The number of H-pyrrole nitrogens is 1. The zero-order valence-electron chi connectivity index (χ0n) is 11.3. The van der Waals surface area contributed by atoms with Gasteiger partial charge in [-0.2, -0.15) is 10.4 Å². The van der Waals surface area contributed by atoms with Crippen LogP contribution < -0.4 is 0 Å². The molecule has 0 amide bonds. The normalized spacial score (nSPS) is 10.6. The van der Waals surface area contributed by atoms with E-state index in [0.29, 0.717) is 5.56 Å². The molecule has 1 aromatic carbocycles. The van der Waals surface area contributed by atoms with Crippen molar-refractivity contribution < 1.29 is 0 Å². The SMILES string of the molecule is CCCN(C)Cc1cn[nH]c1-c1cccc(C#N)c1. The van der Waals surface area contributed by atoms with Crippen LogP contribution in [0.25, 0.3) is 11.3 Å². The number of nitriles is 1. The fourth-order valence-corrected chi connectivity index (χ4v) is 2.18. The lowest BCUT2D eigenvalue weighted by Gasteiger charge is -2.15. The number of nitrogens with one attached hydrogen (secondary N) is 1. The third-order valence-corrected chi connectivity index (χ3v) is 3.04. The third-order valence-electron chi connectivity index (χ3n) is 3.04. The number of aromatic nitrogens is 2. The van der Waals surface area contributed by atoms with E-state index in [1.807, 2.05) is 30.5 Å². The standard InChI is InChI=1S/C15H18N4/c1-3-7-19(2)11-14-10-17-18-15(14)13-6-4-5-12(8-13)9-16/h4-6,8,10H,3,7,11H2,1-2H3,(H,17,18). The number of hydrogen-bond donors (Lipinski definition) is 1. The van der Waals surface area contributed by atoms with Crippen molar-refractivity contribution in [3.05, 3.63) is 41.6 Å². The molecule has 0 atom stereocenters. The molecule has 0 radical (unpaired) electrons. The summed E-state index contributed by atoms with van der Waals surface area (Å²) in [5.74, 6) is 0. The second-order valence-electron chi connectivity index (χ2n) is 4.70. The molecule has 19 heavy (non-hydrogen) atoms. The fourth-order valence-electron chi connectivity index (χ4n) is 2.18. The van der Waals surface area contributed by atoms with Crippen LogP contribution in [-0.4, -0.2) is 28.7 Å². The molecule has 1 aromatic heterocycles. The molecule has 4 nitrogen and oxygen atoms in total. The molecular weight excluding hydrogens is 236 g/mol. The first kappa shape index (κ1) is 13.3. The van der Waals surface area contributed by atoms with Gasteiger partial charge in [0.2, 0.25) is 0 Å². The van der Waals surface area contributed by atoms with Crippen LogP contribution in [0.3, 0.4) is 0 Å². The Hall–Kier alpha value is -2.12. The van der Waals surface area contributed by atoms with E-state index < -0.39 is 0 Å². The van der Waals surface area contributed by atoms with Gasteiger partial charge in [-0.1, -0.05) is 19.1 Å². The monoisotopic (exact) mass is 254 g/mol. The van der Waals surface area contributed by atoms with Gasteiger partial charge in [-0.3, -0.25) is 5.10 Å². The van der Waals surface area contributed by atoms with Gasteiger partial charge in [-0.05, 0) is 32.1 Å². The van der Waals surface area contributed by atoms with E-state index in [1.165, 1.54) is 0 Å². The van der Waals surface area contributed by atoms with Crippen LogP contribution in [0, 0.1) is 11.3 Å². The largest absolute Gasteiger partial charge is 0.302 e. The molecule has 0 fully saturated rings. The lowest BCUT2D eigenvalue weighted by Crippen LogP contribution is -2.18.